The van der Waals surface area contributed by atoms with Crippen molar-refractivity contribution in [2.24, 2.45) is 5.92 Å². The molecule has 0 aliphatic heterocycles. The Hall–Kier alpha value is -4.10. The van der Waals surface area contributed by atoms with Crippen molar-refractivity contribution in [2.75, 3.05) is 5.32 Å². The van der Waals surface area contributed by atoms with Crippen molar-refractivity contribution in [3.8, 4) is 0 Å². The van der Waals surface area contributed by atoms with Crippen LogP contribution < -0.4 is 5.32 Å². The third-order valence-corrected chi connectivity index (χ3v) is 8.02. The Bertz CT molecular complexity index is 1600. The molecule has 2 heterocycles. The summed E-state index contributed by atoms with van der Waals surface area (Å²) >= 11 is 1.72. The van der Waals surface area contributed by atoms with E-state index in [4.69, 9.17) is 15.0 Å². The minimum Gasteiger partial charge on any atom is -0.481 e. The third kappa shape index (κ3) is 5.43. The van der Waals surface area contributed by atoms with E-state index in [0.717, 1.165) is 39.6 Å². The van der Waals surface area contributed by atoms with Gasteiger partial charge in [-0.1, -0.05) is 55.5 Å². The molecule has 190 valence electrons. The molecule has 0 saturated heterocycles. The van der Waals surface area contributed by atoms with Gasteiger partial charge in [-0.15, -0.1) is 11.3 Å². The molecular formula is C31H28N4O2S. The van der Waals surface area contributed by atoms with E-state index >= 15 is 0 Å². The fraction of sp³-hybridized carbons (Fsp3) is 0.226. The highest BCUT2D eigenvalue weighted by Gasteiger charge is 2.44. The number of anilines is 2. The smallest absolute Gasteiger partial charge is 0.307 e. The predicted octanol–water partition coefficient (Wildman–Crippen LogP) is 6.76. The number of aliphatic carboxylic acids is 1. The summed E-state index contributed by atoms with van der Waals surface area (Å²) in [6, 6.07) is 26.8. The second kappa shape index (κ2) is 10.3. The first-order chi connectivity index (χ1) is 18.5. The molecule has 0 spiro atoms. The maximum atomic E-state index is 11.2. The minimum atomic E-state index is -0.715. The number of hydrogen-bond acceptors (Lipinski definition) is 6. The average molecular weight is 521 g/mol. The lowest BCUT2D eigenvalue weighted by Crippen LogP contribution is -2.05. The Morgan fingerprint density at radius 2 is 1.68 bits per heavy atom. The zero-order valence-electron chi connectivity index (χ0n) is 21.1. The third-order valence-electron chi connectivity index (χ3n) is 7.00. The maximum absolute atomic E-state index is 11.2. The van der Waals surface area contributed by atoms with Crippen molar-refractivity contribution in [3.63, 3.8) is 0 Å². The second-order valence-corrected chi connectivity index (χ2v) is 10.9. The number of carboxylic acids is 1. The van der Waals surface area contributed by atoms with Crippen LogP contribution in [0, 0.1) is 5.92 Å². The lowest BCUT2D eigenvalue weighted by molar-refractivity contribution is -0.138. The van der Waals surface area contributed by atoms with Gasteiger partial charge in [0.1, 0.15) is 0 Å². The van der Waals surface area contributed by atoms with Gasteiger partial charge in [0.05, 0.1) is 32.5 Å². The number of hydrogen-bond donors (Lipinski definition) is 2. The largest absolute Gasteiger partial charge is 0.481 e. The Balaban J connectivity index is 1.26. The molecule has 6 rings (SSSR count). The van der Waals surface area contributed by atoms with Crippen LogP contribution in [-0.2, 0) is 24.1 Å². The molecule has 1 fully saturated rings. The highest BCUT2D eigenvalue weighted by Crippen LogP contribution is 2.47. The molecule has 2 N–H and O–H groups in total. The number of aryl methyl sites for hydroxylation is 1. The number of benzene rings is 3. The molecule has 2 aromatic heterocycles. The van der Waals surface area contributed by atoms with E-state index in [1.807, 2.05) is 42.5 Å². The first-order valence-electron chi connectivity index (χ1n) is 12.9. The topological polar surface area (TPSA) is 88.0 Å². The van der Waals surface area contributed by atoms with E-state index in [1.165, 1.54) is 15.8 Å². The van der Waals surface area contributed by atoms with E-state index in [0.29, 0.717) is 25.2 Å². The van der Waals surface area contributed by atoms with Crippen LogP contribution in [0.5, 0.6) is 0 Å². The van der Waals surface area contributed by atoms with Crippen LogP contribution in [0.4, 0.5) is 11.6 Å². The Morgan fingerprint density at radius 1 is 0.921 bits per heavy atom. The number of carboxylic acid groups (broad SMARTS) is 1. The zero-order chi connectivity index (χ0) is 26.1. The predicted molar refractivity (Wildman–Crippen MR) is 151 cm³/mol. The summed E-state index contributed by atoms with van der Waals surface area (Å²) in [7, 11) is 0. The molecule has 3 aromatic carbocycles. The van der Waals surface area contributed by atoms with Crippen molar-refractivity contribution in [2.45, 2.75) is 38.5 Å². The van der Waals surface area contributed by atoms with E-state index in [1.54, 1.807) is 11.3 Å². The molecule has 1 saturated carbocycles. The molecule has 7 heteroatoms. The van der Waals surface area contributed by atoms with Crippen LogP contribution in [0.1, 0.15) is 52.3 Å². The summed E-state index contributed by atoms with van der Waals surface area (Å²) in [5, 5.41) is 13.6. The fourth-order valence-electron chi connectivity index (χ4n) is 4.84. The highest BCUT2D eigenvalue weighted by molar-refractivity contribution is 7.18. The van der Waals surface area contributed by atoms with E-state index in [9.17, 15) is 9.90 Å². The van der Waals surface area contributed by atoms with Gasteiger partial charge in [0.15, 0.2) is 0 Å². The summed E-state index contributed by atoms with van der Waals surface area (Å²) in [6.07, 6.45) is 3.06. The standard InChI is InChI=1S/C31H28N4O2S/c1-2-19-8-13-27-28(15-19)38-29(35-27)17-24-16-23(14-20-6-4-3-5-7-20)33-31(34-24)32-22-11-9-21(10-12-22)25-18-26(25)30(36)37/h3-13,15-16,25-26H,2,14,17-18H2,1H3,(H,36,37)(H,32,33,34). The summed E-state index contributed by atoms with van der Waals surface area (Å²) < 4.78 is 1.21. The molecule has 0 amide bonds. The summed E-state index contributed by atoms with van der Waals surface area (Å²) in [5.41, 5.74) is 7.33. The van der Waals surface area contributed by atoms with Crippen LogP contribution in [0.15, 0.2) is 78.9 Å². The SMILES string of the molecule is CCc1ccc2nc(Cc3cc(Cc4ccccc4)nc(Nc4ccc(C5CC5C(=O)O)cc4)n3)sc2c1. The number of nitrogens with one attached hydrogen (secondary N) is 1. The fourth-order valence-corrected chi connectivity index (χ4v) is 5.89. The molecule has 1 aliphatic carbocycles. The first-order valence-corrected chi connectivity index (χ1v) is 13.7. The Kier molecular flexibility index (Phi) is 6.60. The Labute approximate surface area is 225 Å². The minimum absolute atomic E-state index is 0.112. The summed E-state index contributed by atoms with van der Waals surface area (Å²) in [5.74, 6) is -0.316. The second-order valence-electron chi connectivity index (χ2n) is 9.81. The van der Waals surface area contributed by atoms with E-state index in [2.05, 4.69) is 48.6 Å². The van der Waals surface area contributed by atoms with Crippen molar-refractivity contribution >= 4 is 39.2 Å². The van der Waals surface area contributed by atoms with Crippen molar-refractivity contribution in [3.05, 3.63) is 112 Å². The highest BCUT2D eigenvalue weighted by atomic mass is 32.1. The number of aromatic nitrogens is 3. The lowest BCUT2D eigenvalue weighted by atomic mass is 10.1. The maximum Gasteiger partial charge on any atom is 0.307 e. The first kappa shape index (κ1) is 24.2. The van der Waals surface area contributed by atoms with Gasteiger partial charge in [-0.2, -0.15) is 0 Å². The number of rotatable bonds is 9. The molecule has 2 unspecified atom stereocenters. The van der Waals surface area contributed by atoms with Gasteiger partial charge in [0.25, 0.3) is 0 Å². The molecule has 6 nitrogen and oxygen atoms in total. The van der Waals surface area contributed by atoms with Crippen molar-refractivity contribution in [1.82, 2.24) is 15.0 Å². The molecule has 5 aromatic rings. The van der Waals surface area contributed by atoms with Crippen molar-refractivity contribution < 1.29 is 9.90 Å². The normalized spacial score (nSPS) is 16.4. The number of thiazole rings is 1. The lowest BCUT2D eigenvalue weighted by Gasteiger charge is -2.10. The van der Waals surface area contributed by atoms with Gasteiger partial charge >= 0.3 is 5.97 Å². The van der Waals surface area contributed by atoms with Crippen LogP contribution in [0.3, 0.4) is 0 Å². The zero-order valence-corrected chi connectivity index (χ0v) is 21.9. The summed E-state index contributed by atoms with van der Waals surface area (Å²) in [6.45, 7) is 2.17. The number of carbonyl (C=O) groups is 1. The molecular weight excluding hydrogens is 492 g/mol. The number of fused-ring (bicyclic) bond motifs is 1. The van der Waals surface area contributed by atoms with Gasteiger partial charge in [-0.25, -0.2) is 15.0 Å². The van der Waals surface area contributed by atoms with Crippen LogP contribution in [0.25, 0.3) is 10.2 Å². The molecule has 1 aliphatic rings. The molecule has 38 heavy (non-hydrogen) atoms. The quantitative estimate of drug-likeness (QED) is 0.223. The van der Waals surface area contributed by atoms with Crippen LogP contribution >= 0.6 is 11.3 Å². The van der Waals surface area contributed by atoms with E-state index in [-0.39, 0.29) is 11.8 Å². The van der Waals surface area contributed by atoms with Gasteiger partial charge < -0.3 is 10.4 Å². The monoisotopic (exact) mass is 520 g/mol. The molecule has 2 atom stereocenters. The average Bonchev–Trinajstić information content (AvgIpc) is 3.63. The van der Waals surface area contributed by atoms with Crippen LogP contribution in [0.2, 0.25) is 0 Å². The van der Waals surface area contributed by atoms with Crippen LogP contribution in [-0.4, -0.2) is 26.0 Å². The Morgan fingerprint density at radius 3 is 2.39 bits per heavy atom. The molecule has 0 bridgehead atoms. The summed E-state index contributed by atoms with van der Waals surface area (Å²) in [4.78, 5) is 25.7. The molecule has 0 radical (unpaired) electrons. The van der Waals surface area contributed by atoms with E-state index < -0.39 is 5.97 Å². The van der Waals surface area contributed by atoms with Gasteiger partial charge in [-0.05, 0) is 65.8 Å². The van der Waals surface area contributed by atoms with Gasteiger partial charge in [-0.3, -0.25) is 4.79 Å². The van der Waals surface area contributed by atoms with Gasteiger partial charge in [0, 0.05) is 18.5 Å². The van der Waals surface area contributed by atoms with Gasteiger partial charge in [0.2, 0.25) is 5.95 Å². The van der Waals surface area contributed by atoms with Crippen molar-refractivity contribution in [1.29, 1.82) is 0 Å². The number of nitrogens with zero attached hydrogens (tertiary/aromatic N) is 3.